The molecule has 2 nitrogen and oxygen atoms in total. The third-order valence-electron chi connectivity index (χ3n) is 4.28. The van der Waals surface area contributed by atoms with Gasteiger partial charge >= 0.3 is 0 Å². The molecule has 1 fully saturated rings. The fourth-order valence-corrected chi connectivity index (χ4v) is 3.09. The van der Waals surface area contributed by atoms with Crippen LogP contribution >= 0.6 is 0 Å². The lowest BCUT2D eigenvalue weighted by molar-refractivity contribution is 0.706. The van der Waals surface area contributed by atoms with E-state index in [4.69, 9.17) is 10.7 Å². The quantitative estimate of drug-likeness (QED) is 0.656. The van der Waals surface area contributed by atoms with Crippen molar-refractivity contribution in [2.24, 2.45) is 16.6 Å². The molecule has 108 valence electrons. The zero-order valence-corrected chi connectivity index (χ0v) is 12.3. The minimum atomic E-state index is 0.00741. The number of nitrogens with zero attached hydrogens (tertiary/aromatic N) is 1. The van der Waals surface area contributed by atoms with Gasteiger partial charge in [-0.3, -0.25) is 4.99 Å². The molecule has 2 N–H and O–H groups in total. The topological polar surface area (TPSA) is 38.4 Å². The fraction of sp³-hybridized carbons (Fsp3) is 0.316. The zero-order chi connectivity index (χ0) is 14.5. The van der Waals surface area contributed by atoms with E-state index in [1.165, 1.54) is 36.8 Å². The van der Waals surface area contributed by atoms with Crippen LogP contribution in [0.4, 0.5) is 0 Å². The fourth-order valence-electron chi connectivity index (χ4n) is 3.09. The second-order valence-electron chi connectivity index (χ2n) is 5.76. The first-order valence-corrected chi connectivity index (χ1v) is 7.77. The number of hydrogen-bond acceptors (Lipinski definition) is 1. The van der Waals surface area contributed by atoms with Crippen LogP contribution in [0.1, 0.15) is 42.9 Å². The standard InChI is InChI=1S/C19H22N2/c20-19(17-13-7-8-14-17)21-18(15-9-3-1-4-10-15)16-11-5-2-6-12-16/h1-6,9-12,17-18H,7-8,13-14H2,(H2,20,21). The van der Waals surface area contributed by atoms with Gasteiger partial charge in [-0.15, -0.1) is 0 Å². The molecule has 0 aromatic heterocycles. The maximum absolute atomic E-state index is 6.30. The summed E-state index contributed by atoms with van der Waals surface area (Å²) in [6.07, 6.45) is 4.93. The Morgan fingerprint density at radius 3 is 1.81 bits per heavy atom. The van der Waals surface area contributed by atoms with Crippen molar-refractivity contribution in [3.05, 3.63) is 71.8 Å². The summed E-state index contributed by atoms with van der Waals surface area (Å²) >= 11 is 0. The first-order valence-electron chi connectivity index (χ1n) is 7.77. The molecule has 2 aromatic carbocycles. The van der Waals surface area contributed by atoms with Crippen LogP contribution in [-0.4, -0.2) is 5.84 Å². The van der Waals surface area contributed by atoms with Gasteiger partial charge in [-0.05, 0) is 24.0 Å². The Kier molecular flexibility index (Phi) is 4.34. The molecule has 21 heavy (non-hydrogen) atoms. The van der Waals surface area contributed by atoms with Crippen molar-refractivity contribution >= 4 is 5.84 Å². The molecule has 2 heteroatoms. The molecule has 0 bridgehead atoms. The third-order valence-corrected chi connectivity index (χ3v) is 4.28. The van der Waals surface area contributed by atoms with Crippen molar-refractivity contribution in [3.8, 4) is 0 Å². The van der Waals surface area contributed by atoms with Crippen LogP contribution < -0.4 is 5.73 Å². The summed E-state index contributed by atoms with van der Waals surface area (Å²) in [5.41, 5.74) is 8.70. The predicted molar refractivity (Wildman–Crippen MR) is 88.3 cm³/mol. The number of hydrogen-bond donors (Lipinski definition) is 1. The zero-order valence-electron chi connectivity index (χ0n) is 12.3. The molecule has 0 radical (unpaired) electrons. The van der Waals surface area contributed by atoms with Crippen LogP contribution in [0.25, 0.3) is 0 Å². The molecule has 1 saturated carbocycles. The lowest BCUT2D eigenvalue weighted by Gasteiger charge is -2.17. The van der Waals surface area contributed by atoms with Gasteiger partial charge in [0.25, 0.3) is 0 Å². The summed E-state index contributed by atoms with van der Waals surface area (Å²) in [4.78, 5) is 4.89. The average molecular weight is 278 g/mol. The molecule has 0 aliphatic heterocycles. The Morgan fingerprint density at radius 1 is 0.857 bits per heavy atom. The maximum atomic E-state index is 6.30. The number of benzene rings is 2. The Bertz CT molecular complexity index is 544. The van der Waals surface area contributed by atoms with Crippen LogP contribution in [0, 0.1) is 5.92 Å². The highest BCUT2D eigenvalue weighted by atomic mass is 14.9. The SMILES string of the molecule is NC(=NC(c1ccccc1)c1ccccc1)C1CCCC1. The average Bonchev–Trinajstić information content (AvgIpc) is 3.09. The van der Waals surface area contributed by atoms with E-state index in [-0.39, 0.29) is 6.04 Å². The van der Waals surface area contributed by atoms with Crippen molar-refractivity contribution in [2.75, 3.05) is 0 Å². The minimum Gasteiger partial charge on any atom is -0.387 e. The van der Waals surface area contributed by atoms with Gasteiger partial charge in [-0.2, -0.15) is 0 Å². The van der Waals surface area contributed by atoms with Crippen LogP contribution in [0.2, 0.25) is 0 Å². The van der Waals surface area contributed by atoms with Gasteiger partial charge in [0.15, 0.2) is 0 Å². The van der Waals surface area contributed by atoms with E-state index >= 15 is 0 Å². The predicted octanol–water partition coefficient (Wildman–Crippen LogP) is 4.32. The Labute approximate surface area is 126 Å². The summed E-state index contributed by atoms with van der Waals surface area (Å²) in [6.45, 7) is 0. The molecule has 3 rings (SSSR count). The van der Waals surface area contributed by atoms with Gasteiger partial charge in [0.1, 0.15) is 6.04 Å². The highest BCUT2D eigenvalue weighted by Gasteiger charge is 2.21. The van der Waals surface area contributed by atoms with Gasteiger partial charge in [0.05, 0.1) is 5.84 Å². The highest BCUT2D eigenvalue weighted by molar-refractivity contribution is 5.83. The first-order chi connectivity index (χ1) is 10.3. The van der Waals surface area contributed by atoms with Crippen LogP contribution in [0.15, 0.2) is 65.7 Å². The second-order valence-corrected chi connectivity index (χ2v) is 5.76. The molecule has 0 spiro atoms. The van der Waals surface area contributed by atoms with Crippen molar-refractivity contribution in [2.45, 2.75) is 31.7 Å². The Hall–Kier alpha value is -2.09. The van der Waals surface area contributed by atoms with Gasteiger partial charge in [0.2, 0.25) is 0 Å². The van der Waals surface area contributed by atoms with Gasteiger partial charge in [-0.1, -0.05) is 73.5 Å². The van der Waals surface area contributed by atoms with E-state index in [0.717, 1.165) is 5.84 Å². The molecule has 1 aliphatic carbocycles. The molecule has 1 aliphatic rings. The normalized spacial score (nSPS) is 16.5. The van der Waals surface area contributed by atoms with Gasteiger partial charge in [-0.25, -0.2) is 0 Å². The summed E-state index contributed by atoms with van der Waals surface area (Å²) in [5.74, 6) is 1.30. The van der Waals surface area contributed by atoms with Crippen LogP contribution in [-0.2, 0) is 0 Å². The highest BCUT2D eigenvalue weighted by Crippen LogP contribution is 2.29. The van der Waals surface area contributed by atoms with Crippen LogP contribution in [0.5, 0.6) is 0 Å². The van der Waals surface area contributed by atoms with E-state index in [2.05, 4.69) is 48.5 Å². The van der Waals surface area contributed by atoms with Crippen molar-refractivity contribution in [3.63, 3.8) is 0 Å². The van der Waals surface area contributed by atoms with E-state index in [0.29, 0.717) is 5.92 Å². The summed E-state index contributed by atoms with van der Waals surface area (Å²) in [7, 11) is 0. The summed E-state index contributed by atoms with van der Waals surface area (Å²) in [6, 6.07) is 20.8. The minimum absolute atomic E-state index is 0.00741. The largest absolute Gasteiger partial charge is 0.387 e. The summed E-state index contributed by atoms with van der Waals surface area (Å²) < 4.78 is 0. The second kappa shape index (κ2) is 6.57. The number of amidine groups is 1. The number of aliphatic imine (C=N–C) groups is 1. The van der Waals surface area contributed by atoms with E-state index in [1.54, 1.807) is 0 Å². The molecule has 0 saturated heterocycles. The number of nitrogens with two attached hydrogens (primary N) is 1. The van der Waals surface area contributed by atoms with Gasteiger partial charge < -0.3 is 5.73 Å². The molecule has 2 aromatic rings. The summed E-state index contributed by atoms with van der Waals surface area (Å²) in [5, 5.41) is 0. The Morgan fingerprint density at radius 2 is 1.33 bits per heavy atom. The number of rotatable bonds is 4. The van der Waals surface area contributed by atoms with E-state index in [1.807, 2.05) is 12.1 Å². The molecule has 0 atom stereocenters. The Balaban J connectivity index is 1.95. The molecule has 0 amide bonds. The molecular formula is C19H22N2. The molecular weight excluding hydrogens is 256 g/mol. The molecule has 0 unspecified atom stereocenters. The van der Waals surface area contributed by atoms with E-state index < -0.39 is 0 Å². The van der Waals surface area contributed by atoms with E-state index in [9.17, 15) is 0 Å². The molecule has 0 heterocycles. The van der Waals surface area contributed by atoms with Gasteiger partial charge in [0, 0.05) is 5.92 Å². The smallest absolute Gasteiger partial charge is 0.102 e. The monoisotopic (exact) mass is 278 g/mol. The first kappa shape index (κ1) is 13.9. The maximum Gasteiger partial charge on any atom is 0.102 e. The third kappa shape index (κ3) is 3.33. The van der Waals surface area contributed by atoms with Crippen molar-refractivity contribution in [1.82, 2.24) is 0 Å². The van der Waals surface area contributed by atoms with Crippen LogP contribution in [0.3, 0.4) is 0 Å². The van der Waals surface area contributed by atoms with Crippen molar-refractivity contribution in [1.29, 1.82) is 0 Å². The lowest BCUT2D eigenvalue weighted by atomic mass is 9.98. The van der Waals surface area contributed by atoms with Crippen molar-refractivity contribution < 1.29 is 0 Å². The lowest BCUT2D eigenvalue weighted by Crippen LogP contribution is -2.22.